The van der Waals surface area contributed by atoms with Crippen molar-refractivity contribution < 1.29 is 0 Å². The van der Waals surface area contributed by atoms with Gasteiger partial charge < -0.3 is 0 Å². The molecule has 2 rings (SSSR count). The molecule has 0 aliphatic heterocycles. The van der Waals surface area contributed by atoms with Crippen LogP contribution in [0.15, 0.2) is 39.3 Å². The molecule has 0 amide bonds. The van der Waals surface area contributed by atoms with Crippen molar-refractivity contribution in [3.8, 4) is 0 Å². The van der Waals surface area contributed by atoms with Crippen LogP contribution < -0.4 is 11.3 Å². The molecule has 0 saturated heterocycles. The van der Waals surface area contributed by atoms with E-state index in [2.05, 4.69) is 76.3 Å². The van der Waals surface area contributed by atoms with E-state index in [1.165, 1.54) is 22.3 Å². The minimum absolute atomic E-state index is 0.0406. The average molecular weight is 398 g/mol. The summed E-state index contributed by atoms with van der Waals surface area (Å²) in [6.45, 7) is 6.38. The van der Waals surface area contributed by atoms with Crippen LogP contribution in [0.1, 0.15) is 33.9 Å². The quantitative estimate of drug-likeness (QED) is 0.582. The first-order valence-electron chi connectivity index (χ1n) is 6.43. The van der Waals surface area contributed by atoms with E-state index < -0.39 is 0 Å². The fraction of sp³-hybridized carbons (Fsp3) is 0.250. The zero-order chi connectivity index (χ0) is 14.9. The second-order valence-electron chi connectivity index (χ2n) is 5.06. The van der Waals surface area contributed by atoms with Crippen molar-refractivity contribution in [2.75, 3.05) is 0 Å². The Kier molecular flexibility index (Phi) is 5.02. The average Bonchev–Trinajstić information content (AvgIpc) is 2.40. The SMILES string of the molecule is Cc1cc(C)c(C(NN)c2cc(Br)ccc2Br)cc1C. The van der Waals surface area contributed by atoms with E-state index in [-0.39, 0.29) is 6.04 Å². The van der Waals surface area contributed by atoms with Gasteiger partial charge in [-0.3, -0.25) is 5.84 Å². The van der Waals surface area contributed by atoms with Gasteiger partial charge in [-0.2, -0.15) is 0 Å². The summed E-state index contributed by atoms with van der Waals surface area (Å²) in [5.74, 6) is 5.83. The molecule has 0 aliphatic carbocycles. The highest BCUT2D eigenvalue weighted by molar-refractivity contribution is 9.11. The summed E-state index contributed by atoms with van der Waals surface area (Å²) in [5.41, 5.74) is 9.08. The van der Waals surface area contributed by atoms with Gasteiger partial charge in [-0.25, -0.2) is 5.43 Å². The van der Waals surface area contributed by atoms with Crippen molar-refractivity contribution in [3.63, 3.8) is 0 Å². The molecule has 0 radical (unpaired) electrons. The van der Waals surface area contributed by atoms with Crippen LogP contribution in [0.4, 0.5) is 0 Å². The second kappa shape index (κ2) is 6.39. The van der Waals surface area contributed by atoms with Crippen molar-refractivity contribution in [2.45, 2.75) is 26.8 Å². The number of hydrazine groups is 1. The Balaban J connectivity index is 2.58. The van der Waals surface area contributed by atoms with Gasteiger partial charge in [0.25, 0.3) is 0 Å². The normalized spacial score (nSPS) is 12.5. The molecule has 0 heterocycles. The van der Waals surface area contributed by atoms with Crippen LogP contribution in [-0.4, -0.2) is 0 Å². The van der Waals surface area contributed by atoms with Gasteiger partial charge in [-0.15, -0.1) is 0 Å². The van der Waals surface area contributed by atoms with Gasteiger partial charge in [0.2, 0.25) is 0 Å². The molecule has 4 heteroatoms. The Labute approximate surface area is 137 Å². The number of rotatable bonds is 3. The summed E-state index contributed by atoms with van der Waals surface area (Å²) in [5, 5.41) is 0. The topological polar surface area (TPSA) is 38.0 Å². The van der Waals surface area contributed by atoms with Crippen LogP contribution >= 0.6 is 31.9 Å². The maximum atomic E-state index is 5.83. The van der Waals surface area contributed by atoms with E-state index in [4.69, 9.17) is 5.84 Å². The van der Waals surface area contributed by atoms with Crippen LogP contribution in [0.3, 0.4) is 0 Å². The van der Waals surface area contributed by atoms with E-state index in [1.807, 2.05) is 12.1 Å². The van der Waals surface area contributed by atoms with Crippen LogP contribution in [0, 0.1) is 20.8 Å². The summed E-state index contributed by atoms with van der Waals surface area (Å²) in [6.07, 6.45) is 0. The smallest absolute Gasteiger partial charge is 0.0724 e. The summed E-state index contributed by atoms with van der Waals surface area (Å²) in [7, 11) is 0. The van der Waals surface area contributed by atoms with Crippen LogP contribution in [0.5, 0.6) is 0 Å². The van der Waals surface area contributed by atoms with Gasteiger partial charge >= 0.3 is 0 Å². The van der Waals surface area contributed by atoms with Crippen molar-refractivity contribution in [3.05, 3.63) is 67.1 Å². The number of hydrogen-bond donors (Lipinski definition) is 2. The van der Waals surface area contributed by atoms with Gasteiger partial charge in [0, 0.05) is 8.95 Å². The summed E-state index contributed by atoms with van der Waals surface area (Å²) in [4.78, 5) is 0. The Morgan fingerprint density at radius 1 is 0.900 bits per heavy atom. The van der Waals surface area contributed by atoms with Crippen LogP contribution in [0.2, 0.25) is 0 Å². The molecular weight excluding hydrogens is 380 g/mol. The standard InChI is InChI=1S/C16H18Br2N2/c1-9-6-11(3)13(7-10(9)2)16(20-19)14-8-12(17)4-5-15(14)18/h4-8,16,20H,19H2,1-3H3. The monoisotopic (exact) mass is 396 g/mol. The molecule has 0 aromatic heterocycles. The predicted octanol–water partition coefficient (Wildman–Crippen LogP) is 4.69. The number of hydrogen-bond acceptors (Lipinski definition) is 2. The lowest BCUT2D eigenvalue weighted by atomic mass is 9.92. The molecule has 0 saturated carbocycles. The molecule has 2 nitrogen and oxygen atoms in total. The highest BCUT2D eigenvalue weighted by Crippen LogP contribution is 2.33. The van der Waals surface area contributed by atoms with Gasteiger partial charge in [0.05, 0.1) is 6.04 Å². The molecule has 2 aromatic carbocycles. The van der Waals surface area contributed by atoms with Crippen LogP contribution in [0.25, 0.3) is 0 Å². The van der Waals surface area contributed by atoms with Gasteiger partial charge in [0.15, 0.2) is 0 Å². The summed E-state index contributed by atoms with van der Waals surface area (Å²) >= 11 is 7.13. The molecule has 1 atom stereocenters. The van der Waals surface area contributed by atoms with E-state index in [0.29, 0.717) is 0 Å². The largest absolute Gasteiger partial charge is 0.271 e. The number of nitrogens with one attached hydrogen (secondary N) is 1. The van der Waals surface area contributed by atoms with Gasteiger partial charge in [0.1, 0.15) is 0 Å². The zero-order valence-corrected chi connectivity index (χ0v) is 15.0. The van der Waals surface area contributed by atoms with Crippen molar-refractivity contribution >= 4 is 31.9 Å². The van der Waals surface area contributed by atoms with E-state index in [9.17, 15) is 0 Å². The van der Waals surface area contributed by atoms with Gasteiger partial charge in [-0.1, -0.05) is 44.0 Å². The molecule has 0 spiro atoms. The molecule has 1 unspecified atom stereocenters. The van der Waals surface area contributed by atoms with Crippen molar-refractivity contribution in [2.24, 2.45) is 5.84 Å². The molecule has 20 heavy (non-hydrogen) atoms. The Hall–Kier alpha value is -0.680. The fourth-order valence-electron chi connectivity index (χ4n) is 2.38. The Bertz CT molecular complexity index is 639. The zero-order valence-electron chi connectivity index (χ0n) is 11.8. The highest BCUT2D eigenvalue weighted by atomic mass is 79.9. The lowest BCUT2D eigenvalue weighted by Crippen LogP contribution is -2.29. The lowest BCUT2D eigenvalue weighted by Gasteiger charge is -2.22. The first kappa shape index (κ1) is 15.7. The van der Waals surface area contributed by atoms with Crippen molar-refractivity contribution in [1.82, 2.24) is 5.43 Å². The highest BCUT2D eigenvalue weighted by Gasteiger charge is 2.18. The molecule has 0 aliphatic rings. The number of nitrogens with two attached hydrogens (primary N) is 1. The molecule has 2 aromatic rings. The first-order valence-corrected chi connectivity index (χ1v) is 8.01. The minimum Gasteiger partial charge on any atom is -0.271 e. The minimum atomic E-state index is -0.0406. The molecule has 3 N–H and O–H groups in total. The van der Waals surface area contributed by atoms with E-state index >= 15 is 0 Å². The fourth-order valence-corrected chi connectivity index (χ4v) is 3.23. The number of aryl methyl sites for hydroxylation is 3. The predicted molar refractivity (Wildman–Crippen MR) is 91.7 cm³/mol. The maximum Gasteiger partial charge on any atom is 0.0724 e. The Morgan fingerprint density at radius 3 is 2.20 bits per heavy atom. The second-order valence-corrected chi connectivity index (χ2v) is 6.83. The third-order valence-corrected chi connectivity index (χ3v) is 4.84. The third kappa shape index (κ3) is 3.14. The lowest BCUT2D eigenvalue weighted by molar-refractivity contribution is 0.630. The maximum absolute atomic E-state index is 5.83. The summed E-state index contributed by atoms with van der Waals surface area (Å²) in [6, 6.07) is 10.5. The van der Waals surface area contributed by atoms with E-state index in [1.54, 1.807) is 0 Å². The first-order chi connectivity index (χ1) is 9.43. The molecular formula is C16H18Br2N2. The Morgan fingerprint density at radius 2 is 1.55 bits per heavy atom. The number of benzene rings is 2. The van der Waals surface area contributed by atoms with Gasteiger partial charge in [-0.05, 0) is 66.8 Å². The molecule has 106 valence electrons. The third-order valence-electron chi connectivity index (χ3n) is 3.63. The van der Waals surface area contributed by atoms with Crippen molar-refractivity contribution in [1.29, 1.82) is 0 Å². The molecule has 0 bridgehead atoms. The number of halogens is 2. The van der Waals surface area contributed by atoms with E-state index in [0.717, 1.165) is 14.5 Å². The molecule has 0 fully saturated rings. The summed E-state index contributed by atoms with van der Waals surface area (Å²) < 4.78 is 2.08. The van der Waals surface area contributed by atoms with Crippen LogP contribution in [-0.2, 0) is 0 Å².